The van der Waals surface area contributed by atoms with Gasteiger partial charge < -0.3 is 29.3 Å². The summed E-state index contributed by atoms with van der Waals surface area (Å²) < 4.78 is 49.6. The summed E-state index contributed by atoms with van der Waals surface area (Å²) in [6, 6.07) is 3.73. The summed E-state index contributed by atoms with van der Waals surface area (Å²) in [6.07, 6.45) is 1.08. The number of ether oxygens (including phenoxy) is 1. The van der Waals surface area contributed by atoms with Crippen LogP contribution in [0.3, 0.4) is 0 Å². The number of morpholine rings is 1. The summed E-state index contributed by atoms with van der Waals surface area (Å²) in [5, 5.41) is 2.72. The number of aryl methyl sites for hydroxylation is 1. The van der Waals surface area contributed by atoms with Crippen molar-refractivity contribution in [3.8, 4) is 11.1 Å². The van der Waals surface area contributed by atoms with E-state index >= 15 is 4.39 Å². The first-order chi connectivity index (χ1) is 19.6. The number of hydrogen-bond donors (Lipinski definition) is 1. The van der Waals surface area contributed by atoms with Gasteiger partial charge in [0.15, 0.2) is 0 Å². The molecule has 2 aliphatic heterocycles. The standard InChI is InChI=1S/C28H32F3N7O3/c1-17-15-38(5-4-35(17)2)24-12-22(29)19(18-13-32-28(33-14-18)37-6-8-41-9-7-37)10-23(24)34-27(40)21-16-36(3)25(39)11-20(21)26(30)31/h10-14,16-17,26H,4-9,15H2,1-3H3,(H,34,40). The number of nitrogens with zero attached hydrogens (tertiary/aromatic N) is 6. The Kier molecular flexibility index (Phi) is 8.27. The van der Waals surface area contributed by atoms with E-state index in [1.165, 1.54) is 31.6 Å². The first kappa shape index (κ1) is 28.6. The van der Waals surface area contributed by atoms with Gasteiger partial charge in [-0.2, -0.15) is 0 Å². The molecular weight excluding hydrogens is 539 g/mol. The minimum atomic E-state index is -3.03. The fourth-order valence-corrected chi connectivity index (χ4v) is 5.00. The van der Waals surface area contributed by atoms with E-state index in [1.54, 1.807) is 0 Å². The lowest BCUT2D eigenvalue weighted by atomic mass is 10.0. The summed E-state index contributed by atoms with van der Waals surface area (Å²) >= 11 is 0. The fourth-order valence-electron chi connectivity index (χ4n) is 5.00. The summed E-state index contributed by atoms with van der Waals surface area (Å²) in [5.74, 6) is -0.873. The first-order valence-electron chi connectivity index (χ1n) is 13.4. The van der Waals surface area contributed by atoms with Crippen LogP contribution in [0.1, 0.15) is 29.3 Å². The Hall–Kier alpha value is -3.97. The van der Waals surface area contributed by atoms with Gasteiger partial charge in [-0.05, 0) is 26.1 Å². The zero-order valence-electron chi connectivity index (χ0n) is 23.1. The van der Waals surface area contributed by atoms with Crippen LogP contribution in [0.25, 0.3) is 11.1 Å². The topological polar surface area (TPSA) is 95.8 Å². The number of carbonyl (C=O) groups is 1. The third kappa shape index (κ3) is 6.05. The Labute approximate surface area is 235 Å². The van der Waals surface area contributed by atoms with Gasteiger partial charge in [0.25, 0.3) is 17.9 Å². The van der Waals surface area contributed by atoms with E-state index in [4.69, 9.17) is 4.74 Å². The number of carbonyl (C=O) groups excluding carboxylic acids is 1. The van der Waals surface area contributed by atoms with Gasteiger partial charge in [-0.3, -0.25) is 9.59 Å². The van der Waals surface area contributed by atoms with E-state index in [0.29, 0.717) is 63.1 Å². The third-order valence-electron chi connectivity index (χ3n) is 7.62. The second-order valence-electron chi connectivity index (χ2n) is 10.3. The number of halogens is 3. The maximum Gasteiger partial charge on any atom is 0.264 e. The Balaban J connectivity index is 1.53. The molecule has 10 nitrogen and oxygen atoms in total. The normalized spacial score (nSPS) is 18.2. The van der Waals surface area contributed by atoms with Crippen molar-refractivity contribution in [3.63, 3.8) is 0 Å². The molecule has 0 aliphatic carbocycles. The van der Waals surface area contributed by atoms with Crippen molar-refractivity contribution in [3.05, 3.63) is 64.1 Å². The van der Waals surface area contributed by atoms with Crippen LogP contribution < -0.4 is 20.7 Å². The zero-order valence-corrected chi connectivity index (χ0v) is 23.1. The minimum absolute atomic E-state index is 0.147. The number of amides is 1. The summed E-state index contributed by atoms with van der Waals surface area (Å²) in [7, 11) is 3.38. The average Bonchev–Trinajstić information content (AvgIpc) is 2.97. The number of alkyl halides is 2. The van der Waals surface area contributed by atoms with Crippen LogP contribution in [-0.4, -0.2) is 84.4 Å². The van der Waals surface area contributed by atoms with E-state index < -0.39 is 29.3 Å². The molecule has 0 bridgehead atoms. The van der Waals surface area contributed by atoms with E-state index in [2.05, 4.69) is 20.2 Å². The lowest BCUT2D eigenvalue weighted by Crippen LogP contribution is -2.50. The van der Waals surface area contributed by atoms with E-state index in [9.17, 15) is 18.4 Å². The monoisotopic (exact) mass is 571 g/mol. The lowest BCUT2D eigenvalue weighted by Gasteiger charge is -2.39. The van der Waals surface area contributed by atoms with Crippen LogP contribution in [0.2, 0.25) is 0 Å². The molecule has 1 N–H and O–H groups in total. The number of rotatable bonds is 6. The smallest absolute Gasteiger partial charge is 0.264 e. The number of hydrogen-bond acceptors (Lipinski definition) is 8. The zero-order chi connectivity index (χ0) is 29.3. The number of likely N-dealkylation sites (N-methyl/N-ethyl adjacent to an activating group) is 1. The Morgan fingerprint density at radius 3 is 2.41 bits per heavy atom. The number of pyridine rings is 1. The van der Waals surface area contributed by atoms with E-state index in [-0.39, 0.29) is 22.9 Å². The fraction of sp³-hybridized carbons (Fsp3) is 0.429. The molecule has 2 fully saturated rings. The Bertz CT molecular complexity index is 1480. The number of piperazine rings is 1. The molecule has 0 radical (unpaired) electrons. The number of anilines is 3. The van der Waals surface area contributed by atoms with Crippen molar-refractivity contribution >= 4 is 23.2 Å². The molecule has 4 heterocycles. The maximum atomic E-state index is 15.7. The molecule has 218 valence electrons. The molecule has 1 aromatic carbocycles. The van der Waals surface area contributed by atoms with Gasteiger partial charge in [0, 0.05) is 87.2 Å². The molecule has 1 amide bonds. The summed E-state index contributed by atoms with van der Waals surface area (Å²) in [4.78, 5) is 40.3. The molecular formula is C28H32F3N7O3. The number of benzene rings is 1. The molecule has 0 saturated carbocycles. The molecule has 1 atom stereocenters. The first-order valence-corrected chi connectivity index (χ1v) is 13.4. The average molecular weight is 572 g/mol. The highest BCUT2D eigenvalue weighted by molar-refractivity contribution is 6.07. The predicted octanol–water partition coefficient (Wildman–Crippen LogP) is 3.15. The van der Waals surface area contributed by atoms with Crippen LogP contribution in [0.15, 0.2) is 41.6 Å². The van der Waals surface area contributed by atoms with E-state index in [0.717, 1.165) is 16.8 Å². The van der Waals surface area contributed by atoms with Crippen LogP contribution in [0.4, 0.5) is 30.5 Å². The second-order valence-corrected chi connectivity index (χ2v) is 10.3. The van der Waals surface area contributed by atoms with Crippen molar-refractivity contribution in [2.45, 2.75) is 19.4 Å². The van der Waals surface area contributed by atoms with Crippen molar-refractivity contribution in [1.82, 2.24) is 19.4 Å². The van der Waals surface area contributed by atoms with Crippen LogP contribution in [-0.2, 0) is 11.8 Å². The number of nitrogens with one attached hydrogen (secondary N) is 1. The van der Waals surface area contributed by atoms with Gasteiger partial charge >= 0.3 is 0 Å². The molecule has 1 unspecified atom stereocenters. The molecule has 2 aliphatic rings. The van der Waals surface area contributed by atoms with Gasteiger partial charge in [0.2, 0.25) is 5.95 Å². The quantitative estimate of drug-likeness (QED) is 0.482. The van der Waals surface area contributed by atoms with Crippen molar-refractivity contribution in [2.24, 2.45) is 7.05 Å². The third-order valence-corrected chi connectivity index (χ3v) is 7.62. The highest BCUT2D eigenvalue weighted by Gasteiger charge is 2.27. The minimum Gasteiger partial charge on any atom is -0.378 e. The van der Waals surface area contributed by atoms with E-state index in [1.807, 2.05) is 23.8 Å². The van der Waals surface area contributed by atoms with Crippen LogP contribution >= 0.6 is 0 Å². The summed E-state index contributed by atoms with van der Waals surface area (Å²) in [6.45, 7) is 6.32. The molecule has 3 aromatic rings. The Morgan fingerprint density at radius 2 is 1.76 bits per heavy atom. The molecule has 5 rings (SSSR count). The lowest BCUT2D eigenvalue weighted by molar-refractivity contribution is 0.101. The second kappa shape index (κ2) is 11.9. The van der Waals surface area contributed by atoms with Crippen LogP contribution in [0, 0.1) is 5.82 Å². The molecule has 41 heavy (non-hydrogen) atoms. The van der Waals surface area contributed by atoms with Gasteiger partial charge in [-0.1, -0.05) is 0 Å². The molecule has 2 saturated heterocycles. The highest BCUT2D eigenvalue weighted by atomic mass is 19.3. The van der Waals surface area contributed by atoms with Gasteiger partial charge in [0.1, 0.15) is 5.82 Å². The maximum absolute atomic E-state index is 15.7. The summed E-state index contributed by atoms with van der Waals surface area (Å²) in [5.41, 5.74) is -0.464. The Morgan fingerprint density at radius 1 is 1.05 bits per heavy atom. The molecule has 0 spiro atoms. The number of aromatic nitrogens is 3. The SMILES string of the molecule is CC1CN(c2cc(F)c(-c3cnc(N4CCOCC4)nc3)cc2NC(=O)c2cn(C)c(=O)cc2C(F)F)CCN1C. The van der Waals surface area contributed by atoms with Crippen LogP contribution in [0.5, 0.6) is 0 Å². The van der Waals surface area contributed by atoms with Gasteiger partial charge in [-0.15, -0.1) is 0 Å². The predicted molar refractivity (Wildman–Crippen MR) is 149 cm³/mol. The molecule has 2 aromatic heterocycles. The largest absolute Gasteiger partial charge is 0.378 e. The highest BCUT2D eigenvalue weighted by Crippen LogP contribution is 2.36. The van der Waals surface area contributed by atoms with Crippen molar-refractivity contribution in [2.75, 3.05) is 68.1 Å². The molecule has 13 heteroatoms. The van der Waals surface area contributed by atoms with Crippen molar-refractivity contribution in [1.29, 1.82) is 0 Å². The van der Waals surface area contributed by atoms with Gasteiger partial charge in [0.05, 0.1) is 30.2 Å². The van der Waals surface area contributed by atoms with Gasteiger partial charge in [-0.25, -0.2) is 23.1 Å². The van der Waals surface area contributed by atoms with Crippen molar-refractivity contribution < 1.29 is 22.7 Å².